The number of rotatable bonds is 9. The van der Waals surface area contributed by atoms with E-state index in [9.17, 15) is 27.9 Å². The molecular formula is C35H27F3N6O4. The number of pyridine rings is 1. The van der Waals surface area contributed by atoms with Crippen molar-refractivity contribution in [1.82, 2.24) is 15.0 Å². The molecule has 13 heteroatoms. The van der Waals surface area contributed by atoms with Crippen LogP contribution in [0.1, 0.15) is 15.9 Å². The maximum Gasteiger partial charge on any atom is 0.421 e. The summed E-state index contributed by atoms with van der Waals surface area (Å²) in [6, 6.07) is 24.6. The van der Waals surface area contributed by atoms with Crippen LogP contribution in [-0.2, 0) is 11.0 Å². The first kappa shape index (κ1) is 31.7. The lowest BCUT2D eigenvalue weighted by Crippen LogP contribution is -2.16. The van der Waals surface area contributed by atoms with Gasteiger partial charge in [0.15, 0.2) is 0 Å². The van der Waals surface area contributed by atoms with Crippen molar-refractivity contribution >= 4 is 62.4 Å². The first-order valence-electron chi connectivity index (χ1n) is 14.5. The van der Waals surface area contributed by atoms with Crippen molar-refractivity contribution in [2.75, 3.05) is 36.7 Å². The smallest absolute Gasteiger partial charge is 0.421 e. The van der Waals surface area contributed by atoms with Crippen LogP contribution in [0.15, 0.2) is 91.1 Å². The molecule has 3 N–H and O–H groups in total. The average Bonchev–Trinajstić information content (AvgIpc) is 3.06. The average molecular weight is 653 g/mol. The number of ether oxygens (including phenoxy) is 1. The number of ketones is 1. The van der Waals surface area contributed by atoms with Gasteiger partial charge in [-0.2, -0.15) is 18.2 Å². The van der Waals surface area contributed by atoms with E-state index in [1.54, 1.807) is 12.1 Å². The minimum absolute atomic E-state index is 0.170. The molecule has 0 saturated heterocycles. The first-order chi connectivity index (χ1) is 22.9. The molecule has 2 aromatic heterocycles. The molecule has 0 atom stereocenters. The zero-order valence-corrected chi connectivity index (χ0v) is 25.8. The summed E-state index contributed by atoms with van der Waals surface area (Å²) in [4.78, 5) is 38.4. The third kappa shape index (κ3) is 6.12. The topological polar surface area (TPSA) is 130 Å². The summed E-state index contributed by atoms with van der Waals surface area (Å²) in [7, 11) is 5.37. The molecule has 10 nitrogen and oxygen atoms in total. The van der Waals surface area contributed by atoms with Crippen LogP contribution in [-0.4, -0.2) is 53.0 Å². The Bertz CT molecular complexity index is 2220. The van der Waals surface area contributed by atoms with Gasteiger partial charge in [0.1, 0.15) is 17.1 Å². The molecule has 0 unspecified atom stereocenters. The number of carboxylic acids is 1. The monoisotopic (exact) mass is 652 g/mol. The summed E-state index contributed by atoms with van der Waals surface area (Å²) >= 11 is 0. The van der Waals surface area contributed by atoms with Gasteiger partial charge in [-0.1, -0.05) is 42.5 Å². The molecule has 6 rings (SSSR count). The Labute approximate surface area is 271 Å². The van der Waals surface area contributed by atoms with Crippen LogP contribution in [0, 0.1) is 0 Å². The fourth-order valence-corrected chi connectivity index (χ4v) is 5.32. The number of carbonyl (C=O) groups is 2. The molecule has 0 bridgehead atoms. The molecule has 0 saturated carbocycles. The van der Waals surface area contributed by atoms with Crippen molar-refractivity contribution in [2.45, 2.75) is 6.18 Å². The predicted octanol–water partition coefficient (Wildman–Crippen LogP) is 7.69. The predicted molar refractivity (Wildman–Crippen MR) is 178 cm³/mol. The van der Waals surface area contributed by atoms with Crippen molar-refractivity contribution in [3.05, 3.63) is 102 Å². The third-order valence-electron chi connectivity index (χ3n) is 7.62. The van der Waals surface area contributed by atoms with Crippen LogP contribution in [0.25, 0.3) is 32.9 Å². The van der Waals surface area contributed by atoms with Crippen molar-refractivity contribution in [3.63, 3.8) is 0 Å². The summed E-state index contributed by atoms with van der Waals surface area (Å²) in [5.74, 6) is -3.59. The molecule has 0 aliphatic carbocycles. The number of halogens is 3. The van der Waals surface area contributed by atoms with E-state index in [0.717, 1.165) is 38.6 Å². The number of Topliss-reactive ketones (excluding diaryl/α,β-unsaturated/α-hetero) is 1. The molecule has 48 heavy (non-hydrogen) atoms. The quantitative estimate of drug-likeness (QED) is 0.0812. The van der Waals surface area contributed by atoms with Crippen molar-refractivity contribution in [1.29, 1.82) is 0 Å². The Hall–Kier alpha value is -6.24. The highest BCUT2D eigenvalue weighted by atomic mass is 19.4. The highest BCUT2D eigenvalue weighted by Crippen LogP contribution is 2.40. The third-order valence-corrected chi connectivity index (χ3v) is 7.62. The van der Waals surface area contributed by atoms with Crippen LogP contribution in [0.3, 0.4) is 0 Å². The number of para-hydroxylation sites is 2. The number of nitrogens with zero attached hydrogens (tertiary/aromatic N) is 4. The van der Waals surface area contributed by atoms with Gasteiger partial charge in [-0.05, 0) is 53.6 Å². The SMILES string of the molecule is COc1cc(-c2ccc(N(C)C)c3nc4ccccc4cc23)ccc1Nc1ncc(C(F)(F)F)c(Nc2ccccc2C(=O)C(=O)O)n1. The molecule has 4 aromatic carbocycles. The lowest BCUT2D eigenvalue weighted by molar-refractivity contribution is -0.137. The van der Waals surface area contributed by atoms with Gasteiger partial charge in [-0.25, -0.2) is 14.8 Å². The van der Waals surface area contributed by atoms with E-state index >= 15 is 0 Å². The fourth-order valence-electron chi connectivity index (χ4n) is 5.32. The number of alkyl halides is 3. The van der Waals surface area contributed by atoms with Gasteiger partial charge < -0.3 is 25.4 Å². The molecule has 0 fully saturated rings. The number of benzene rings is 4. The van der Waals surface area contributed by atoms with Crippen molar-refractivity contribution in [2.24, 2.45) is 0 Å². The first-order valence-corrected chi connectivity index (χ1v) is 14.5. The Kier molecular flexibility index (Phi) is 8.27. The van der Waals surface area contributed by atoms with E-state index < -0.39 is 29.3 Å². The largest absolute Gasteiger partial charge is 0.495 e. The molecule has 0 spiro atoms. The van der Waals surface area contributed by atoms with Crippen LogP contribution in [0.4, 0.5) is 42.0 Å². The number of fused-ring (bicyclic) bond motifs is 2. The standard InChI is InChI=1S/C35H27F3N6O4/c1-44(2)28-15-13-21(23-16-20-8-4-6-10-25(20)40-30(23)28)19-12-14-27(29(17-19)48-3)42-34-39-18-24(35(36,37)38)32(43-34)41-26-11-7-5-9-22(26)31(45)33(46)47/h4-18H,1-3H3,(H,46,47)(H2,39,41,42,43). The summed E-state index contributed by atoms with van der Waals surface area (Å²) in [6.45, 7) is 0. The van der Waals surface area contributed by atoms with Crippen LogP contribution >= 0.6 is 0 Å². The van der Waals surface area contributed by atoms with Crippen LogP contribution in [0.5, 0.6) is 5.75 Å². The highest BCUT2D eigenvalue weighted by Gasteiger charge is 2.36. The second kappa shape index (κ2) is 12.5. The molecule has 0 radical (unpaired) electrons. The van der Waals surface area contributed by atoms with Gasteiger partial charge >= 0.3 is 12.1 Å². The normalized spacial score (nSPS) is 11.4. The van der Waals surface area contributed by atoms with Crippen molar-refractivity contribution in [3.8, 4) is 16.9 Å². The zero-order valence-electron chi connectivity index (χ0n) is 25.8. The second-order valence-electron chi connectivity index (χ2n) is 10.9. The summed E-state index contributed by atoms with van der Waals surface area (Å²) in [5.41, 5.74) is 2.98. The van der Waals surface area contributed by atoms with E-state index in [1.165, 1.54) is 31.4 Å². The van der Waals surface area contributed by atoms with Gasteiger partial charge in [0.2, 0.25) is 5.95 Å². The highest BCUT2D eigenvalue weighted by molar-refractivity contribution is 6.41. The number of carboxylic acid groups (broad SMARTS) is 1. The van der Waals surface area contributed by atoms with Gasteiger partial charge in [-0.3, -0.25) is 4.79 Å². The Morgan fingerprint density at radius 1 is 0.875 bits per heavy atom. The Morgan fingerprint density at radius 3 is 2.35 bits per heavy atom. The molecular weight excluding hydrogens is 625 g/mol. The van der Waals surface area contributed by atoms with Crippen molar-refractivity contribution < 1.29 is 32.6 Å². The fraction of sp³-hybridized carbons (Fsp3) is 0.114. The number of aliphatic carboxylic acids is 1. The van der Waals surface area contributed by atoms with E-state index in [2.05, 4.69) is 26.7 Å². The van der Waals surface area contributed by atoms with Gasteiger partial charge in [0, 0.05) is 31.1 Å². The lowest BCUT2D eigenvalue weighted by Gasteiger charge is -2.19. The van der Waals surface area contributed by atoms with E-state index in [1.807, 2.05) is 61.5 Å². The van der Waals surface area contributed by atoms with Crippen LogP contribution < -0.4 is 20.3 Å². The molecule has 242 valence electrons. The van der Waals surface area contributed by atoms with Gasteiger partial charge in [-0.15, -0.1) is 0 Å². The Morgan fingerprint density at radius 2 is 1.62 bits per heavy atom. The van der Waals surface area contributed by atoms with Gasteiger partial charge in [0.25, 0.3) is 5.78 Å². The maximum absolute atomic E-state index is 14.0. The summed E-state index contributed by atoms with van der Waals surface area (Å²) in [6.07, 6.45) is -4.27. The lowest BCUT2D eigenvalue weighted by atomic mass is 9.97. The minimum Gasteiger partial charge on any atom is -0.495 e. The molecule has 2 heterocycles. The second-order valence-corrected chi connectivity index (χ2v) is 10.9. The zero-order chi connectivity index (χ0) is 34.2. The van der Waals surface area contributed by atoms with Gasteiger partial charge in [0.05, 0.1) is 40.8 Å². The number of aromatic nitrogens is 3. The number of carbonyl (C=O) groups excluding carboxylic acids is 1. The van der Waals surface area contributed by atoms with E-state index in [0.29, 0.717) is 17.6 Å². The molecule has 0 aliphatic rings. The summed E-state index contributed by atoms with van der Waals surface area (Å²) < 4.78 is 47.5. The number of hydrogen-bond donors (Lipinski definition) is 3. The Balaban J connectivity index is 1.39. The van der Waals surface area contributed by atoms with Crippen LogP contribution in [0.2, 0.25) is 0 Å². The minimum atomic E-state index is -4.86. The summed E-state index contributed by atoms with van der Waals surface area (Å²) in [5, 5.41) is 16.5. The molecule has 0 aliphatic heterocycles. The van der Waals surface area contributed by atoms with E-state index in [-0.39, 0.29) is 17.2 Å². The van der Waals surface area contributed by atoms with E-state index in [4.69, 9.17) is 9.72 Å². The number of nitrogens with one attached hydrogen (secondary N) is 2. The molecule has 0 amide bonds. The number of methoxy groups -OCH3 is 1. The number of hydrogen-bond acceptors (Lipinski definition) is 9. The molecule has 6 aromatic rings. The maximum atomic E-state index is 14.0. The number of anilines is 5.